The second-order valence-corrected chi connectivity index (χ2v) is 2.63. The van der Waals surface area contributed by atoms with E-state index in [4.69, 9.17) is 5.26 Å². The molecule has 0 aromatic carbocycles. The van der Waals surface area contributed by atoms with E-state index < -0.39 is 0 Å². The lowest BCUT2D eigenvalue weighted by atomic mass is 10.1. The topological polar surface area (TPSA) is 52.5 Å². The Morgan fingerprint density at radius 1 is 1.70 bits per heavy atom. The molecule has 0 amide bonds. The Kier molecular flexibility index (Phi) is 0.877. The zero-order chi connectivity index (χ0) is 7.03. The number of aromatic amines is 1. The predicted octanol–water partition coefficient (Wildman–Crippen LogP) is 0.965. The van der Waals surface area contributed by atoms with Crippen molar-refractivity contribution in [1.82, 2.24) is 9.97 Å². The third-order valence-corrected chi connectivity index (χ3v) is 1.92. The number of hydrogen-bond acceptors (Lipinski definition) is 2. The van der Waals surface area contributed by atoms with Gasteiger partial charge in [0.2, 0.25) is 0 Å². The molecule has 1 heterocycles. The van der Waals surface area contributed by atoms with Gasteiger partial charge in [0.05, 0.1) is 6.07 Å². The van der Waals surface area contributed by atoms with Crippen LogP contribution in [0.2, 0.25) is 0 Å². The van der Waals surface area contributed by atoms with Crippen molar-refractivity contribution in [2.75, 3.05) is 0 Å². The summed E-state index contributed by atoms with van der Waals surface area (Å²) in [6, 6.07) is 2.26. The number of nitrogens with one attached hydrogen (secondary N) is 1. The molecule has 3 nitrogen and oxygen atoms in total. The van der Waals surface area contributed by atoms with Crippen LogP contribution in [0.15, 0.2) is 12.4 Å². The lowest BCUT2D eigenvalue weighted by molar-refractivity contribution is 0.821. The summed E-state index contributed by atoms with van der Waals surface area (Å²) in [7, 11) is 0. The summed E-state index contributed by atoms with van der Waals surface area (Å²) >= 11 is 0. The highest BCUT2D eigenvalue weighted by molar-refractivity contribution is 5.28. The number of rotatable bonds is 1. The maximum absolute atomic E-state index is 8.72. The molecular formula is C7H7N3. The van der Waals surface area contributed by atoms with Crippen LogP contribution < -0.4 is 0 Å². The third-order valence-electron chi connectivity index (χ3n) is 1.92. The van der Waals surface area contributed by atoms with Gasteiger partial charge in [-0.3, -0.25) is 0 Å². The van der Waals surface area contributed by atoms with Crippen LogP contribution in [0.3, 0.4) is 0 Å². The van der Waals surface area contributed by atoms with Crippen LogP contribution in [0.1, 0.15) is 18.7 Å². The second-order valence-electron chi connectivity index (χ2n) is 2.63. The molecule has 1 aromatic heterocycles. The van der Waals surface area contributed by atoms with Crippen LogP contribution in [0, 0.1) is 11.3 Å². The highest BCUT2D eigenvalue weighted by Gasteiger charge is 2.47. The first kappa shape index (κ1) is 5.48. The molecule has 1 aliphatic carbocycles. The van der Waals surface area contributed by atoms with E-state index in [2.05, 4.69) is 16.0 Å². The van der Waals surface area contributed by atoms with Crippen molar-refractivity contribution in [2.24, 2.45) is 0 Å². The molecule has 50 valence electrons. The molecule has 0 bridgehead atoms. The van der Waals surface area contributed by atoms with E-state index in [1.165, 1.54) is 0 Å². The zero-order valence-corrected chi connectivity index (χ0v) is 5.46. The molecule has 2 rings (SSSR count). The van der Waals surface area contributed by atoms with Gasteiger partial charge in [-0.2, -0.15) is 5.26 Å². The van der Waals surface area contributed by atoms with Crippen LogP contribution in [-0.4, -0.2) is 9.97 Å². The highest BCUT2D eigenvalue weighted by Crippen LogP contribution is 2.45. The zero-order valence-electron chi connectivity index (χ0n) is 5.46. The fraction of sp³-hybridized carbons (Fsp3) is 0.429. The van der Waals surface area contributed by atoms with E-state index in [0.29, 0.717) is 0 Å². The van der Waals surface area contributed by atoms with Crippen molar-refractivity contribution >= 4 is 0 Å². The number of imidazole rings is 1. The lowest BCUT2D eigenvalue weighted by Crippen LogP contribution is -2.04. The van der Waals surface area contributed by atoms with Gasteiger partial charge >= 0.3 is 0 Å². The first-order valence-corrected chi connectivity index (χ1v) is 3.28. The monoisotopic (exact) mass is 133 g/mol. The minimum Gasteiger partial charge on any atom is -0.347 e. The average Bonchev–Trinajstić information content (AvgIpc) is 2.58. The summed E-state index contributed by atoms with van der Waals surface area (Å²) in [6.07, 6.45) is 5.35. The van der Waals surface area contributed by atoms with Crippen molar-refractivity contribution in [2.45, 2.75) is 18.3 Å². The minimum atomic E-state index is -0.247. The summed E-state index contributed by atoms with van der Waals surface area (Å²) in [5.74, 6) is 0.829. The fourth-order valence-corrected chi connectivity index (χ4v) is 1.05. The van der Waals surface area contributed by atoms with Gasteiger partial charge in [0.25, 0.3) is 0 Å². The van der Waals surface area contributed by atoms with Crippen molar-refractivity contribution < 1.29 is 0 Å². The first-order chi connectivity index (χ1) is 4.87. The van der Waals surface area contributed by atoms with Crippen molar-refractivity contribution in [3.05, 3.63) is 18.2 Å². The third kappa shape index (κ3) is 0.561. The summed E-state index contributed by atoms with van der Waals surface area (Å²) in [5, 5.41) is 8.72. The van der Waals surface area contributed by atoms with Gasteiger partial charge in [0.15, 0.2) is 0 Å². The van der Waals surface area contributed by atoms with Crippen LogP contribution in [0.25, 0.3) is 0 Å². The molecular weight excluding hydrogens is 126 g/mol. The van der Waals surface area contributed by atoms with Gasteiger partial charge in [-0.05, 0) is 12.8 Å². The molecule has 10 heavy (non-hydrogen) atoms. The standard InChI is InChI=1S/C7H7N3/c8-5-7(1-2-7)6-9-3-4-10-6/h3-4H,1-2H2,(H,9,10). The maximum Gasteiger partial charge on any atom is 0.126 e. The van der Waals surface area contributed by atoms with Gasteiger partial charge < -0.3 is 4.98 Å². The highest BCUT2D eigenvalue weighted by atomic mass is 14.9. The summed E-state index contributed by atoms with van der Waals surface area (Å²) in [5.41, 5.74) is -0.247. The van der Waals surface area contributed by atoms with Crippen molar-refractivity contribution in [1.29, 1.82) is 5.26 Å². The number of nitriles is 1. The maximum atomic E-state index is 8.72. The van der Waals surface area contributed by atoms with E-state index in [1.54, 1.807) is 12.4 Å². The van der Waals surface area contributed by atoms with E-state index in [0.717, 1.165) is 18.7 Å². The molecule has 0 saturated heterocycles. The van der Waals surface area contributed by atoms with E-state index in [9.17, 15) is 0 Å². The smallest absolute Gasteiger partial charge is 0.126 e. The minimum absolute atomic E-state index is 0.247. The second kappa shape index (κ2) is 1.60. The Balaban J connectivity index is 2.38. The molecule has 0 spiro atoms. The average molecular weight is 133 g/mol. The fourth-order valence-electron chi connectivity index (χ4n) is 1.05. The molecule has 1 fully saturated rings. The lowest BCUT2D eigenvalue weighted by Gasteiger charge is -1.96. The van der Waals surface area contributed by atoms with Crippen LogP contribution in [-0.2, 0) is 5.41 Å². The molecule has 1 saturated carbocycles. The molecule has 0 unspecified atom stereocenters. The van der Waals surface area contributed by atoms with E-state index >= 15 is 0 Å². The Hall–Kier alpha value is -1.30. The van der Waals surface area contributed by atoms with Gasteiger partial charge in [-0.15, -0.1) is 0 Å². The number of nitrogens with zero attached hydrogens (tertiary/aromatic N) is 2. The molecule has 0 aliphatic heterocycles. The number of H-pyrrole nitrogens is 1. The molecule has 0 radical (unpaired) electrons. The SMILES string of the molecule is N#CC1(c2ncc[nH]2)CC1. The Morgan fingerprint density at radius 3 is 2.90 bits per heavy atom. The molecule has 3 heteroatoms. The van der Waals surface area contributed by atoms with E-state index in [-0.39, 0.29) is 5.41 Å². The summed E-state index contributed by atoms with van der Waals surface area (Å²) in [6.45, 7) is 0. The van der Waals surface area contributed by atoms with E-state index in [1.807, 2.05) is 0 Å². The van der Waals surface area contributed by atoms with Gasteiger partial charge in [0.1, 0.15) is 11.2 Å². The first-order valence-electron chi connectivity index (χ1n) is 3.28. The quantitative estimate of drug-likeness (QED) is 0.620. The Morgan fingerprint density at radius 2 is 2.50 bits per heavy atom. The Labute approximate surface area is 58.7 Å². The number of hydrogen-bond donors (Lipinski definition) is 1. The molecule has 1 N–H and O–H groups in total. The van der Waals surface area contributed by atoms with Gasteiger partial charge in [-0.25, -0.2) is 4.98 Å². The van der Waals surface area contributed by atoms with Gasteiger partial charge in [0, 0.05) is 12.4 Å². The van der Waals surface area contributed by atoms with Crippen LogP contribution in [0.4, 0.5) is 0 Å². The Bertz CT molecular complexity index is 264. The predicted molar refractivity (Wildman–Crippen MR) is 35.1 cm³/mol. The van der Waals surface area contributed by atoms with Crippen LogP contribution >= 0.6 is 0 Å². The van der Waals surface area contributed by atoms with Crippen LogP contribution in [0.5, 0.6) is 0 Å². The normalized spacial score (nSPS) is 19.9. The summed E-state index contributed by atoms with van der Waals surface area (Å²) < 4.78 is 0. The van der Waals surface area contributed by atoms with Gasteiger partial charge in [-0.1, -0.05) is 0 Å². The summed E-state index contributed by atoms with van der Waals surface area (Å²) in [4.78, 5) is 7.00. The van der Waals surface area contributed by atoms with Crippen molar-refractivity contribution in [3.8, 4) is 6.07 Å². The largest absolute Gasteiger partial charge is 0.347 e. The molecule has 0 atom stereocenters. The molecule has 1 aromatic rings. The number of aromatic nitrogens is 2. The molecule has 1 aliphatic rings. The van der Waals surface area contributed by atoms with Crippen molar-refractivity contribution in [3.63, 3.8) is 0 Å².